The van der Waals surface area contributed by atoms with Crippen LogP contribution in [0.1, 0.15) is 82.3 Å². The molecule has 1 unspecified atom stereocenters. The van der Waals surface area contributed by atoms with E-state index in [-0.39, 0.29) is 0 Å². The lowest BCUT2D eigenvalue weighted by atomic mass is 9.90. The summed E-state index contributed by atoms with van der Waals surface area (Å²) in [5.74, 6) is 12.4. The van der Waals surface area contributed by atoms with Gasteiger partial charge in [-0.2, -0.15) is 0 Å². The first-order valence-corrected chi connectivity index (χ1v) is 13.2. The summed E-state index contributed by atoms with van der Waals surface area (Å²) in [6.45, 7) is 1.32. The molecule has 2 fully saturated rings. The van der Waals surface area contributed by atoms with Crippen LogP contribution in [0.4, 0.5) is 0 Å². The van der Waals surface area contributed by atoms with Crippen molar-refractivity contribution in [3.05, 3.63) is 47.0 Å². The Morgan fingerprint density at radius 3 is 2.17 bits per heavy atom. The molecule has 0 amide bonds. The zero-order valence-electron chi connectivity index (χ0n) is 22.2. The number of hydrogen-bond acceptors (Lipinski definition) is 4. The van der Waals surface area contributed by atoms with Gasteiger partial charge in [-0.15, -0.1) is 6.40 Å². The maximum absolute atomic E-state index is 7.47. The molecule has 5 heteroatoms. The number of benzene rings is 2. The van der Waals surface area contributed by atoms with Gasteiger partial charge < -0.3 is 19.1 Å². The van der Waals surface area contributed by atoms with E-state index in [1.54, 1.807) is 18.2 Å². The molecule has 0 bridgehead atoms. The van der Waals surface area contributed by atoms with Crippen LogP contribution in [0.15, 0.2) is 30.3 Å². The van der Waals surface area contributed by atoms with Crippen LogP contribution in [-0.4, -0.2) is 19.8 Å². The Bertz CT molecular complexity index is 1170. The first kappa shape index (κ1) is 22.6. The summed E-state index contributed by atoms with van der Waals surface area (Å²) in [5.41, 5.74) is 1.79. The average Bonchev–Trinajstić information content (AvgIpc) is 2.95. The van der Waals surface area contributed by atoms with Crippen LogP contribution in [-0.2, 0) is 0 Å². The lowest BCUT2D eigenvalue weighted by Gasteiger charge is -2.22. The van der Waals surface area contributed by atoms with Gasteiger partial charge >= 0.3 is 0 Å². The van der Waals surface area contributed by atoms with Gasteiger partial charge in [0.15, 0.2) is 0 Å². The van der Waals surface area contributed by atoms with Crippen molar-refractivity contribution in [1.29, 1.82) is 1.43 Å². The van der Waals surface area contributed by atoms with E-state index < -0.39 is 0 Å². The van der Waals surface area contributed by atoms with Crippen molar-refractivity contribution in [2.24, 2.45) is 11.8 Å². The largest absolute Gasteiger partial charge is 0.507 e. The molecule has 2 aliphatic rings. The van der Waals surface area contributed by atoms with Crippen molar-refractivity contribution in [3.8, 4) is 47.2 Å². The van der Waals surface area contributed by atoms with Crippen LogP contribution in [0.3, 0.4) is 0 Å². The summed E-state index contributed by atoms with van der Waals surface area (Å²) in [5, 5.41) is 4.83. The summed E-state index contributed by atoms with van der Waals surface area (Å²) in [6, 6.07) is 8.94. The highest BCUT2D eigenvalue weighted by atomic mass is 31.0. The number of ether oxygens (including phenoxy) is 2. The SMILES string of the molecule is [3H]C#Cc1cc(OCC2CCCCC2)c(C#Cc2cc(OCC3CCCCC3)ccc2O[3H])cc1OP. The summed E-state index contributed by atoms with van der Waals surface area (Å²) in [4.78, 5) is 0. The van der Waals surface area contributed by atoms with Crippen LogP contribution in [0, 0.1) is 36.0 Å². The van der Waals surface area contributed by atoms with E-state index >= 15 is 0 Å². The van der Waals surface area contributed by atoms with Crippen molar-refractivity contribution < 1.29 is 20.5 Å². The number of phenolic OH excluding ortho intramolecular Hbond substituents is 1. The fraction of sp³-hybridized carbons (Fsp3) is 0.467. The van der Waals surface area contributed by atoms with Crippen molar-refractivity contribution >= 4 is 9.47 Å². The summed E-state index contributed by atoms with van der Waals surface area (Å²) >= 11 is 0. The molecule has 2 aromatic rings. The van der Waals surface area contributed by atoms with E-state index in [9.17, 15) is 0 Å². The Kier molecular flexibility index (Phi) is 8.26. The number of phenols is 1. The molecule has 184 valence electrons. The van der Waals surface area contributed by atoms with Gasteiger partial charge in [-0.25, -0.2) is 0 Å². The number of terminal acetylenes is 1. The lowest BCUT2D eigenvalue weighted by Crippen LogP contribution is -2.15. The highest BCUT2D eigenvalue weighted by molar-refractivity contribution is 7.10. The van der Waals surface area contributed by atoms with Gasteiger partial charge in [0.2, 0.25) is 0 Å². The van der Waals surface area contributed by atoms with Gasteiger partial charge in [0.25, 0.3) is 1.43 Å². The molecular formula is C30H35O4P. The molecule has 4 nitrogen and oxygen atoms in total. The van der Waals surface area contributed by atoms with Crippen LogP contribution in [0.5, 0.6) is 23.0 Å². The van der Waals surface area contributed by atoms with Crippen molar-refractivity contribution in [2.75, 3.05) is 13.2 Å². The zero-order chi connectivity index (χ0) is 25.9. The molecule has 0 radical (unpaired) electrons. The lowest BCUT2D eigenvalue weighted by molar-refractivity contribution is 0.208. The van der Waals surface area contributed by atoms with Gasteiger partial charge in [-0.05, 0) is 55.7 Å². The molecule has 0 heterocycles. The molecule has 0 aliphatic heterocycles. The standard InChI is InChI=1S/C30H35O4P/c1-2-24-18-29(33-21-23-11-7-4-8-12-23)26(19-30(24)34-35)14-13-25-17-27(15-16-28(25)31)32-20-22-9-5-3-6-10-22/h1,15-19,22-23,31H,3-12,20-21,35H2/i1T/hT. The van der Waals surface area contributed by atoms with E-state index in [0.29, 0.717) is 59.0 Å². The molecule has 0 aromatic heterocycles. The predicted octanol–water partition coefficient (Wildman–Crippen LogP) is 6.86. The fourth-order valence-corrected chi connectivity index (χ4v) is 5.13. The Morgan fingerprint density at radius 2 is 1.51 bits per heavy atom. The van der Waals surface area contributed by atoms with Gasteiger partial charge in [0.05, 0.1) is 39.4 Å². The average molecular weight is 495 g/mol. The van der Waals surface area contributed by atoms with Crippen LogP contribution in [0.25, 0.3) is 0 Å². The van der Waals surface area contributed by atoms with E-state index in [2.05, 4.69) is 33.6 Å². The normalized spacial score (nSPS) is 17.1. The molecule has 2 aromatic carbocycles. The van der Waals surface area contributed by atoms with Gasteiger partial charge in [0.1, 0.15) is 24.4 Å². The fourth-order valence-electron chi connectivity index (χ4n) is 4.93. The zero-order valence-corrected chi connectivity index (χ0v) is 21.4. The summed E-state index contributed by atoms with van der Waals surface area (Å²) in [7, 11) is 2.22. The second kappa shape index (κ2) is 12.8. The van der Waals surface area contributed by atoms with Gasteiger partial charge in [0, 0.05) is 12.1 Å². The highest BCUT2D eigenvalue weighted by Crippen LogP contribution is 2.32. The van der Waals surface area contributed by atoms with Crippen molar-refractivity contribution in [1.82, 2.24) is 0 Å². The molecule has 35 heavy (non-hydrogen) atoms. The number of aromatic hydroxyl groups is 1. The Balaban J connectivity index is 1.59. The maximum Gasteiger partial charge on any atom is 0.293 e. The highest BCUT2D eigenvalue weighted by Gasteiger charge is 2.17. The Hall–Kier alpha value is -2.81. The number of hydrogen-bond donors (Lipinski definition) is 1. The first-order valence-electron chi connectivity index (χ1n) is 13.6. The molecular weight excluding hydrogens is 455 g/mol. The Labute approximate surface area is 214 Å². The van der Waals surface area contributed by atoms with Crippen LogP contribution >= 0.6 is 9.47 Å². The first-order chi connectivity index (χ1) is 18.2. The second-order valence-electron chi connectivity index (χ2n) is 9.63. The molecule has 1 atom stereocenters. The van der Waals surface area contributed by atoms with Gasteiger partial charge in [-0.1, -0.05) is 56.3 Å². The molecule has 0 saturated heterocycles. The maximum atomic E-state index is 7.47. The van der Waals surface area contributed by atoms with E-state index in [4.69, 9.17) is 21.9 Å². The quantitative estimate of drug-likeness (QED) is 0.322. The summed E-state index contributed by atoms with van der Waals surface area (Å²) in [6.07, 6.45) is 14.6. The van der Waals surface area contributed by atoms with Crippen LogP contribution < -0.4 is 14.0 Å². The molecule has 2 aliphatic carbocycles. The van der Waals surface area contributed by atoms with Crippen LogP contribution in [0.2, 0.25) is 0 Å². The minimum atomic E-state index is 0.362. The molecule has 4 rings (SSSR count). The molecule has 2 saturated carbocycles. The van der Waals surface area contributed by atoms with E-state index in [1.807, 2.05) is 12.1 Å². The third-order valence-electron chi connectivity index (χ3n) is 7.04. The van der Waals surface area contributed by atoms with Crippen molar-refractivity contribution in [2.45, 2.75) is 64.2 Å². The second-order valence-corrected chi connectivity index (χ2v) is 9.86. The monoisotopic (exact) mass is 494 g/mol. The number of rotatable bonds is 8. The minimum Gasteiger partial charge on any atom is -0.507 e. The van der Waals surface area contributed by atoms with Crippen molar-refractivity contribution in [3.63, 3.8) is 0 Å². The minimum absolute atomic E-state index is 0.362. The van der Waals surface area contributed by atoms with Gasteiger partial charge in [-0.3, -0.25) is 0 Å². The molecule has 1 N–H and O–H groups in total. The van der Waals surface area contributed by atoms with E-state index in [0.717, 1.165) is 5.75 Å². The van der Waals surface area contributed by atoms with E-state index in [1.165, 1.54) is 64.2 Å². The third kappa shape index (κ3) is 7.10. The molecule has 0 spiro atoms. The third-order valence-corrected chi connectivity index (χ3v) is 7.29. The topological polar surface area (TPSA) is 47.9 Å². The predicted molar refractivity (Wildman–Crippen MR) is 143 cm³/mol. The Morgan fingerprint density at radius 1 is 0.857 bits per heavy atom. The summed E-state index contributed by atoms with van der Waals surface area (Å²) < 4.78 is 32.6. The smallest absolute Gasteiger partial charge is 0.293 e.